The molecule has 0 saturated carbocycles. The Morgan fingerprint density at radius 1 is 0.950 bits per heavy atom. The molecule has 0 bridgehead atoms. The molecule has 2 aromatic rings. The second-order valence-electron chi connectivity index (χ2n) is 6.34. The van der Waals surface area contributed by atoms with Crippen LogP contribution in [0.5, 0.6) is 5.75 Å². The highest BCUT2D eigenvalue weighted by molar-refractivity contribution is 7.67. The highest BCUT2D eigenvalue weighted by atomic mass is 31.1. The van der Waals surface area contributed by atoms with E-state index in [1.807, 2.05) is 0 Å². The third kappa shape index (κ3) is 2.25. The summed E-state index contributed by atoms with van der Waals surface area (Å²) >= 11 is 0. The van der Waals surface area contributed by atoms with Crippen LogP contribution in [0.4, 0.5) is 0 Å². The average Bonchev–Trinajstić information content (AvgIpc) is 2.83. The smallest absolute Gasteiger partial charge is 0.128 e. The maximum atomic E-state index is 5.97. The van der Waals surface area contributed by atoms with Crippen molar-refractivity contribution >= 4 is 13.2 Å². The molecular formula is C18H21OP. The molecule has 104 valence electrons. The van der Waals surface area contributed by atoms with Crippen molar-refractivity contribution in [1.29, 1.82) is 0 Å². The van der Waals surface area contributed by atoms with Crippen LogP contribution in [0.3, 0.4) is 0 Å². The topological polar surface area (TPSA) is 9.23 Å². The van der Waals surface area contributed by atoms with Gasteiger partial charge in [-0.15, -0.1) is 0 Å². The van der Waals surface area contributed by atoms with Gasteiger partial charge in [0.25, 0.3) is 0 Å². The zero-order valence-electron chi connectivity index (χ0n) is 12.6. The Morgan fingerprint density at radius 3 is 2.35 bits per heavy atom. The lowest BCUT2D eigenvalue weighted by Gasteiger charge is -2.27. The van der Waals surface area contributed by atoms with E-state index in [0.717, 1.165) is 12.1 Å². The van der Waals surface area contributed by atoms with E-state index in [1.165, 1.54) is 22.0 Å². The molecule has 0 fully saturated rings. The summed E-state index contributed by atoms with van der Waals surface area (Å²) in [5, 5.41) is 1.73. The van der Waals surface area contributed by atoms with Crippen LogP contribution in [-0.4, -0.2) is 11.5 Å². The minimum absolute atomic E-state index is 0.277. The van der Waals surface area contributed by atoms with Gasteiger partial charge >= 0.3 is 0 Å². The van der Waals surface area contributed by atoms with E-state index in [1.54, 1.807) is 0 Å². The summed E-state index contributed by atoms with van der Waals surface area (Å²) < 4.78 is 5.97. The third-order valence-corrected chi connectivity index (χ3v) is 6.87. The second kappa shape index (κ2) is 4.90. The number of ether oxygens (including phenoxy) is 1. The summed E-state index contributed by atoms with van der Waals surface area (Å²) in [5.74, 6) is 1.09. The first kappa shape index (κ1) is 13.6. The van der Waals surface area contributed by atoms with Gasteiger partial charge in [0.15, 0.2) is 0 Å². The van der Waals surface area contributed by atoms with Crippen molar-refractivity contribution in [2.75, 3.05) is 6.35 Å². The van der Waals surface area contributed by atoms with E-state index in [9.17, 15) is 0 Å². The number of fused-ring (bicyclic) bond motifs is 1. The first-order valence-corrected chi connectivity index (χ1v) is 8.60. The van der Waals surface area contributed by atoms with Gasteiger partial charge in [0, 0.05) is 5.30 Å². The predicted molar refractivity (Wildman–Crippen MR) is 88.4 cm³/mol. The molecule has 2 aromatic carbocycles. The lowest BCUT2D eigenvalue weighted by Crippen LogP contribution is -2.19. The Kier molecular flexibility index (Phi) is 3.34. The largest absolute Gasteiger partial charge is 0.488 e. The quantitative estimate of drug-likeness (QED) is 0.675. The van der Waals surface area contributed by atoms with Crippen molar-refractivity contribution < 1.29 is 4.74 Å². The first-order valence-electron chi connectivity index (χ1n) is 7.08. The van der Waals surface area contributed by atoms with Gasteiger partial charge in [0.1, 0.15) is 12.1 Å². The zero-order valence-corrected chi connectivity index (χ0v) is 13.5. The van der Waals surface area contributed by atoms with E-state index in [4.69, 9.17) is 4.74 Å². The molecule has 1 unspecified atom stereocenters. The molecule has 1 atom stereocenters. The highest BCUT2D eigenvalue weighted by Crippen LogP contribution is 2.55. The second-order valence-corrected chi connectivity index (χ2v) is 9.24. The maximum absolute atomic E-state index is 5.97. The number of rotatable bonds is 1. The van der Waals surface area contributed by atoms with E-state index in [0.29, 0.717) is 0 Å². The number of aryl methyl sites for hydroxylation is 1. The predicted octanol–water partition coefficient (Wildman–Crippen LogP) is 4.92. The van der Waals surface area contributed by atoms with Gasteiger partial charge in [-0.25, -0.2) is 0 Å². The van der Waals surface area contributed by atoms with Gasteiger partial charge in [-0.2, -0.15) is 0 Å². The van der Waals surface area contributed by atoms with Crippen LogP contribution >= 0.6 is 7.92 Å². The Bertz CT molecular complexity index is 640. The molecule has 0 aromatic heterocycles. The molecule has 0 radical (unpaired) electrons. The van der Waals surface area contributed by atoms with Crippen LogP contribution < -0.4 is 10.0 Å². The molecule has 0 aliphatic carbocycles. The van der Waals surface area contributed by atoms with Crippen molar-refractivity contribution in [2.24, 2.45) is 0 Å². The lowest BCUT2D eigenvalue weighted by molar-refractivity contribution is 0.400. The summed E-state index contributed by atoms with van der Waals surface area (Å²) in [5.41, 5.74) is 4.03. The molecule has 1 aliphatic rings. The highest BCUT2D eigenvalue weighted by Gasteiger charge is 2.35. The van der Waals surface area contributed by atoms with Crippen LogP contribution in [-0.2, 0) is 0 Å². The fourth-order valence-corrected chi connectivity index (χ4v) is 5.08. The molecule has 0 saturated heterocycles. The van der Waals surface area contributed by atoms with E-state index in [2.05, 4.69) is 70.2 Å². The summed E-state index contributed by atoms with van der Waals surface area (Å²) in [6, 6.07) is 15.1. The summed E-state index contributed by atoms with van der Waals surface area (Å²) in [6.07, 6.45) is 0.858. The molecule has 0 amide bonds. The fourth-order valence-electron chi connectivity index (χ4n) is 2.74. The van der Waals surface area contributed by atoms with Gasteiger partial charge in [-0.3, -0.25) is 0 Å². The van der Waals surface area contributed by atoms with E-state index >= 15 is 0 Å². The normalized spacial score (nSPS) is 17.7. The molecule has 1 heterocycles. The van der Waals surface area contributed by atoms with Gasteiger partial charge < -0.3 is 4.74 Å². The molecule has 1 nitrogen and oxygen atoms in total. The number of hydrogen-bond acceptors (Lipinski definition) is 1. The standard InChI is InChI=1S/C18H21OP/c1-13-8-5-6-9-14(13)15-10-7-11-16-17(15)20(12-19-16)18(2,3)4/h5-11H,12H2,1-4H3. The van der Waals surface area contributed by atoms with Gasteiger partial charge in [0.05, 0.1) is 0 Å². The summed E-state index contributed by atoms with van der Waals surface area (Å²) in [4.78, 5) is 0. The van der Waals surface area contributed by atoms with E-state index < -0.39 is 0 Å². The van der Waals surface area contributed by atoms with Crippen LogP contribution in [0.15, 0.2) is 42.5 Å². The maximum Gasteiger partial charge on any atom is 0.128 e. The molecule has 2 heteroatoms. The summed E-state index contributed by atoms with van der Waals surface area (Å²) in [6.45, 7) is 9.16. The molecular weight excluding hydrogens is 263 g/mol. The monoisotopic (exact) mass is 284 g/mol. The Labute approximate surface area is 122 Å². The van der Waals surface area contributed by atoms with Gasteiger partial charge in [0.2, 0.25) is 0 Å². The number of hydrogen-bond donors (Lipinski definition) is 0. The fraction of sp³-hybridized carbons (Fsp3) is 0.333. The summed E-state index contributed by atoms with van der Waals surface area (Å²) in [7, 11) is -0.281. The Hall–Kier alpha value is -1.33. The van der Waals surface area contributed by atoms with Crippen molar-refractivity contribution in [3.05, 3.63) is 48.0 Å². The Balaban J connectivity index is 2.21. The SMILES string of the molecule is Cc1ccccc1-c1cccc2c1P(C(C)(C)C)CO2. The minimum Gasteiger partial charge on any atom is -0.488 e. The molecule has 0 N–H and O–H groups in total. The van der Waals surface area contributed by atoms with Gasteiger partial charge in [-0.1, -0.05) is 57.2 Å². The lowest BCUT2D eigenvalue weighted by atomic mass is 10.0. The Morgan fingerprint density at radius 2 is 1.65 bits per heavy atom. The first-order chi connectivity index (χ1) is 9.48. The van der Waals surface area contributed by atoms with Crippen molar-refractivity contribution in [3.8, 4) is 16.9 Å². The van der Waals surface area contributed by atoms with Crippen LogP contribution in [0, 0.1) is 6.92 Å². The average molecular weight is 284 g/mol. The molecule has 3 rings (SSSR count). The number of benzene rings is 2. The van der Waals surface area contributed by atoms with Crippen LogP contribution in [0.2, 0.25) is 0 Å². The molecule has 20 heavy (non-hydrogen) atoms. The zero-order chi connectivity index (χ0) is 14.3. The van der Waals surface area contributed by atoms with E-state index in [-0.39, 0.29) is 13.1 Å². The third-order valence-electron chi connectivity index (χ3n) is 3.86. The van der Waals surface area contributed by atoms with Crippen LogP contribution in [0.1, 0.15) is 26.3 Å². The van der Waals surface area contributed by atoms with Crippen molar-refractivity contribution in [3.63, 3.8) is 0 Å². The van der Waals surface area contributed by atoms with Crippen LogP contribution in [0.25, 0.3) is 11.1 Å². The molecule has 1 aliphatic heterocycles. The van der Waals surface area contributed by atoms with Crippen molar-refractivity contribution in [1.82, 2.24) is 0 Å². The van der Waals surface area contributed by atoms with Crippen molar-refractivity contribution in [2.45, 2.75) is 32.9 Å². The van der Waals surface area contributed by atoms with Gasteiger partial charge in [-0.05, 0) is 42.8 Å². The molecule has 0 spiro atoms. The minimum atomic E-state index is -0.281.